The molecule has 2 aromatic heterocycles. The Balaban J connectivity index is 1.12. The number of cyclic esters (lactones) is 1. The van der Waals surface area contributed by atoms with Crippen LogP contribution >= 0.6 is 0 Å². The van der Waals surface area contributed by atoms with E-state index in [1.807, 2.05) is 55.7 Å². The first kappa shape index (κ1) is 49.3. The molecule has 2 fully saturated rings. The molecule has 4 bridgehead atoms. The van der Waals surface area contributed by atoms with Crippen LogP contribution in [0, 0.1) is 28.6 Å². The van der Waals surface area contributed by atoms with Gasteiger partial charge in [0, 0.05) is 54.4 Å². The molecule has 1 aromatic carbocycles. The van der Waals surface area contributed by atoms with E-state index in [9.17, 15) is 0 Å². The number of allylic oxidation sites excluding steroid dienone is 3. The number of hydrogen-bond acceptors (Lipinski definition) is 12. The van der Waals surface area contributed by atoms with Gasteiger partial charge in [0.25, 0.3) is 5.60 Å². The van der Waals surface area contributed by atoms with E-state index in [-0.39, 0.29) is 53.4 Å². The van der Waals surface area contributed by atoms with Crippen molar-refractivity contribution in [1.82, 2.24) is 25.9 Å². The van der Waals surface area contributed by atoms with E-state index in [1.165, 1.54) is 5.57 Å². The van der Waals surface area contributed by atoms with Gasteiger partial charge >= 0.3 is 5.97 Å². The number of ketones is 2. The zero-order valence-electron chi connectivity index (χ0n) is 41.7. The summed E-state index contributed by atoms with van der Waals surface area (Å²) in [6, 6.07) is 13.1. The van der Waals surface area contributed by atoms with Gasteiger partial charge in [-0.2, -0.15) is 0 Å². The Kier molecular flexibility index (Phi) is 14.2. The third-order valence-electron chi connectivity index (χ3n) is 16.8. The second kappa shape index (κ2) is 20.2. The highest BCUT2D eigenvalue weighted by molar-refractivity contribution is 6.33. The summed E-state index contributed by atoms with van der Waals surface area (Å²) in [6.07, 6.45) is 23.4. The molecule has 14 nitrogen and oxygen atoms in total. The van der Waals surface area contributed by atoms with Crippen LogP contribution in [0.2, 0.25) is 0 Å². The van der Waals surface area contributed by atoms with E-state index in [1.54, 1.807) is 19.3 Å². The van der Waals surface area contributed by atoms with E-state index < -0.39 is 28.4 Å². The number of ether oxygens (including phenoxy) is 2. The minimum absolute atomic E-state index is 0.00674. The number of esters is 1. The summed E-state index contributed by atoms with van der Waals surface area (Å²) in [4.78, 5) is 59.7. The number of Topliss-reactive ketones (excluding diaryl/α,β-unsaturated/α-hetero) is 2. The minimum atomic E-state index is -2.15. The SMILES string of the molecule is CCN[C@@H]1C=C2C=CC[C@H]3CCCC[C@@](C)(Cc4ccc(N)nc4)Cc4cccc5c4C(=O)[C@]4(O[C@@]4(C/C=C(\C)C4([C@@H](NC(N)=NC)c6ccnc(NCNC)c6)CCCC4)C5=O)C(=O)OC[C@@H]1C[C@@H]23. The molecule has 8 atom stereocenters. The number of rotatable bonds is 13. The van der Waals surface area contributed by atoms with Crippen LogP contribution in [0.15, 0.2) is 95.3 Å². The van der Waals surface area contributed by atoms with Crippen molar-refractivity contribution in [3.05, 3.63) is 118 Å². The molecule has 1 spiro atoms. The molecule has 14 heteroatoms. The zero-order chi connectivity index (χ0) is 49.3. The van der Waals surface area contributed by atoms with Gasteiger partial charge in [0.15, 0.2) is 17.3 Å². The van der Waals surface area contributed by atoms with Gasteiger partial charge in [-0.3, -0.25) is 14.6 Å². The lowest BCUT2D eigenvalue weighted by molar-refractivity contribution is -0.150. The van der Waals surface area contributed by atoms with E-state index in [0.717, 1.165) is 93.0 Å². The number of carbonyl (C=O) groups is 3. The number of anilines is 2. The lowest BCUT2D eigenvalue weighted by Crippen LogP contribution is -2.52. The molecule has 6 aliphatic rings. The van der Waals surface area contributed by atoms with Crippen molar-refractivity contribution in [2.75, 3.05) is 45.0 Å². The second-order valence-corrected chi connectivity index (χ2v) is 21.3. The Hall–Kier alpha value is -5.70. The fraction of sp³-hybridized carbons (Fsp3) is 0.536. The van der Waals surface area contributed by atoms with Crippen molar-refractivity contribution in [3.63, 3.8) is 0 Å². The number of fused-ring (bicyclic) bond motifs is 1. The molecule has 70 heavy (non-hydrogen) atoms. The molecular formula is C56H73N9O5. The minimum Gasteiger partial charge on any atom is -0.463 e. The number of benzene rings is 1. The first-order valence-corrected chi connectivity index (χ1v) is 25.7. The first-order chi connectivity index (χ1) is 33.8. The molecule has 0 unspecified atom stereocenters. The predicted molar refractivity (Wildman–Crippen MR) is 274 cm³/mol. The Morgan fingerprint density at radius 1 is 1.03 bits per heavy atom. The topological polar surface area (TPSA) is 211 Å². The molecule has 4 heterocycles. The average Bonchev–Trinajstić information content (AvgIpc) is 3.83. The van der Waals surface area contributed by atoms with Crippen LogP contribution in [-0.4, -0.2) is 84.6 Å². The summed E-state index contributed by atoms with van der Waals surface area (Å²) < 4.78 is 13.1. The van der Waals surface area contributed by atoms with Gasteiger partial charge in [0.1, 0.15) is 11.6 Å². The molecule has 9 rings (SSSR count). The van der Waals surface area contributed by atoms with Crippen LogP contribution in [0.5, 0.6) is 0 Å². The number of aromatic nitrogens is 2. The van der Waals surface area contributed by atoms with Crippen LogP contribution in [0.25, 0.3) is 0 Å². The summed E-state index contributed by atoms with van der Waals surface area (Å²) in [7, 11) is 3.53. The fourth-order valence-corrected chi connectivity index (χ4v) is 13.1. The van der Waals surface area contributed by atoms with E-state index in [4.69, 9.17) is 20.9 Å². The maximum atomic E-state index is 15.7. The highest BCUT2D eigenvalue weighted by atomic mass is 16.7. The maximum absolute atomic E-state index is 15.7. The van der Waals surface area contributed by atoms with Crippen molar-refractivity contribution >= 4 is 35.1 Å². The molecule has 1 saturated heterocycles. The van der Waals surface area contributed by atoms with Gasteiger partial charge in [0.2, 0.25) is 5.78 Å². The lowest BCUT2D eigenvalue weighted by atomic mass is 9.67. The second-order valence-electron chi connectivity index (χ2n) is 21.3. The van der Waals surface area contributed by atoms with Gasteiger partial charge in [-0.05, 0) is 130 Å². The van der Waals surface area contributed by atoms with Crippen molar-refractivity contribution < 1.29 is 23.9 Å². The molecule has 3 aromatic rings. The molecular weight excluding hydrogens is 879 g/mol. The molecule has 8 N–H and O–H groups in total. The Morgan fingerprint density at radius 2 is 1.84 bits per heavy atom. The van der Waals surface area contributed by atoms with Crippen molar-refractivity contribution in [2.45, 2.75) is 128 Å². The van der Waals surface area contributed by atoms with Crippen molar-refractivity contribution in [2.24, 2.45) is 39.3 Å². The number of nitrogens with one attached hydrogen (secondary N) is 4. The third-order valence-corrected chi connectivity index (χ3v) is 16.8. The molecule has 0 amide bonds. The largest absolute Gasteiger partial charge is 0.463 e. The van der Waals surface area contributed by atoms with Crippen LogP contribution in [0.1, 0.15) is 135 Å². The zero-order valence-corrected chi connectivity index (χ0v) is 41.7. The Morgan fingerprint density at radius 3 is 2.60 bits per heavy atom. The number of epoxide rings is 1. The summed E-state index contributed by atoms with van der Waals surface area (Å²) in [5, 5.41) is 13.6. The number of aliphatic imine (C=N–C) groups is 1. The lowest BCUT2D eigenvalue weighted by Gasteiger charge is -2.40. The number of nitrogens with two attached hydrogens (primary N) is 2. The number of nitrogens with zero attached hydrogens (tertiary/aromatic N) is 3. The van der Waals surface area contributed by atoms with E-state index in [0.29, 0.717) is 48.9 Å². The number of hydrogen-bond donors (Lipinski definition) is 6. The number of guanidine groups is 1. The number of pyridine rings is 2. The standard InChI is InChI=1S/C56H73N9O5/c1-6-61-44-28-38-15-11-14-37-13-7-8-22-53(3,30-36-18-19-45(57)63-32-36)31-40-16-12-17-42-47(40)50(67)56(51(68)69-33-41(44)27-43(37)38)55(70-56,49(42)66)25-20-35(2)54(23-9-10-24-54)48(65-52(58)60-5)39-21-26-62-46(29-39)64-34-59-4/h11-12,15-21,26,28-29,32,37,41,43-44,48,59,61H,6-10,13-14,22-25,27,30-31,33-34H2,1-5H3,(H2,57,63)(H,62,64)(H3,58,60,65)/b35-20+/t37-,41+,43-,44-,48+,53+,55+,56+/m1/s1. The van der Waals surface area contributed by atoms with Crippen LogP contribution in [-0.2, 0) is 27.1 Å². The highest BCUT2D eigenvalue weighted by Gasteiger charge is 2.85. The Bertz CT molecular complexity index is 2580. The van der Waals surface area contributed by atoms with Crippen molar-refractivity contribution in [3.8, 4) is 0 Å². The van der Waals surface area contributed by atoms with E-state index >= 15 is 14.4 Å². The fourth-order valence-electron chi connectivity index (χ4n) is 13.1. The van der Waals surface area contributed by atoms with Crippen molar-refractivity contribution in [1.29, 1.82) is 0 Å². The summed E-state index contributed by atoms with van der Waals surface area (Å²) in [5.74, 6) is 0.600. The number of nitrogen functional groups attached to an aromatic ring is 1. The molecule has 0 radical (unpaired) electrons. The molecule has 1 saturated carbocycles. The monoisotopic (exact) mass is 952 g/mol. The number of carbonyl (C=O) groups excluding carboxylic acids is 3. The third kappa shape index (κ3) is 9.11. The quantitative estimate of drug-likeness (QED) is 0.0185. The van der Waals surface area contributed by atoms with Crippen LogP contribution < -0.4 is 32.7 Å². The predicted octanol–water partition coefficient (Wildman–Crippen LogP) is 7.73. The summed E-state index contributed by atoms with van der Waals surface area (Å²) >= 11 is 0. The highest BCUT2D eigenvalue weighted by Crippen LogP contribution is 2.61. The summed E-state index contributed by atoms with van der Waals surface area (Å²) in [6.45, 7) is 7.83. The smallest absolute Gasteiger partial charge is 0.350 e. The van der Waals surface area contributed by atoms with Gasteiger partial charge in [-0.25, -0.2) is 14.8 Å². The first-order valence-electron chi connectivity index (χ1n) is 25.7. The maximum Gasteiger partial charge on any atom is 0.350 e. The van der Waals surface area contributed by atoms with E-state index in [2.05, 4.69) is 75.2 Å². The van der Waals surface area contributed by atoms with Gasteiger partial charge in [-0.15, -0.1) is 0 Å². The normalized spacial score (nSPS) is 30.1. The Labute approximate surface area is 413 Å². The molecule has 4 aliphatic carbocycles. The summed E-state index contributed by atoms with van der Waals surface area (Å²) in [5.41, 5.74) is 13.4. The molecule has 372 valence electrons. The van der Waals surface area contributed by atoms with Gasteiger partial charge in [0.05, 0.1) is 19.3 Å². The van der Waals surface area contributed by atoms with Gasteiger partial charge in [-0.1, -0.05) is 93.7 Å². The number of likely N-dealkylation sites (N-methyl/N-ethyl adjacent to an activating group) is 1. The van der Waals surface area contributed by atoms with Gasteiger partial charge < -0.3 is 42.2 Å². The average molecular weight is 952 g/mol. The van der Waals surface area contributed by atoms with Crippen LogP contribution in [0.3, 0.4) is 0 Å². The molecule has 2 aliphatic heterocycles. The van der Waals surface area contributed by atoms with Crippen LogP contribution in [0.4, 0.5) is 11.6 Å².